The van der Waals surface area contributed by atoms with Crippen LogP contribution in [0.4, 0.5) is 18.0 Å². The van der Waals surface area contributed by atoms with Gasteiger partial charge >= 0.3 is 12.3 Å². The molecule has 0 saturated heterocycles. The third-order valence-electron chi connectivity index (χ3n) is 2.62. The zero-order chi connectivity index (χ0) is 18.3. The topological polar surface area (TPSA) is 50.8 Å². The number of ether oxygens (including phenoxy) is 2. The van der Waals surface area contributed by atoms with Gasteiger partial charge in [0.2, 0.25) is 0 Å². The standard InChI is InChI=1S/C15H29F3N2O3/c1-13(2,3)20(12(21)23-14(4,5)6)9-7-19-8-10-22-11-15(16,17)18/h19H,7-11H2,1-6H3. The third kappa shape index (κ3) is 12.1. The lowest BCUT2D eigenvalue weighted by Crippen LogP contribution is -2.50. The summed E-state index contributed by atoms with van der Waals surface area (Å²) in [5.74, 6) is 0. The SMILES string of the molecule is CC(C)(C)OC(=O)N(CCNCCOCC(F)(F)F)C(C)(C)C. The molecule has 1 amide bonds. The molecule has 0 heterocycles. The predicted molar refractivity (Wildman–Crippen MR) is 82.4 cm³/mol. The number of alkyl halides is 3. The highest BCUT2D eigenvalue weighted by Crippen LogP contribution is 2.18. The maximum absolute atomic E-state index is 12.2. The van der Waals surface area contributed by atoms with Crippen molar-refractivity contribution in [2.24, 2.45) is 0 Å². The molecule has 0 aromatic carbocycles. The third-order valence-corrected chi connectivity index (χ3v) is 2.62. The first-order chi connectivity index (χ1) is 10.2. The monoisotopic (exact) mass is 342 g/mol. The lowest BCUT2D eigenvalue weighted by Gasteiger charge is -2.36. The van der Waals surface area contributed by atoms with Gasteiger partial charge in [0.25, 0.3) is 0 Å². The van der Waals surface area contributed by atoms with E-state index in [4.69, 9.17) is 4.74 Å². The van der Waals surface area contributed by atoms with Crippen molar-refractivity contribution in [1.29, 1.82) is 0 Å². The average molecular weight is 342 g/mol. The minimum Gasteiger partial charge on any atom is -0.444 e. The van der Waals surface area contributed by atoms with E-state index in [2.05, 4.69) is 10.1 Å². The number of carbonyl (C=O) groups excluding carboxylic acids is 1. The fraction of sp³-hybridized carbons (Fsp3) is 0.933. The van der Waals surface area contributed by atoms with Gasteiger partial charge < -0.3 is 19.7 Å². The van der Waals surface area contributed by atoms with E-state index in [1.807, 2.05) is 20.8 Å². The van der Waals surface area contributed by atoms with Crippen LogP contribution in [-0.4, -0.2) is 61.2 Å². The van der Waals surface area contributed by atoms with Crippen LogP contribution in [0.2, 0.25) is 0 Å². The van der Waals surface area contributed by atoms with Gasteiger partial charge in [-0.2, -0.15) is 13.2 Å². The Morgan fingerprint density at radius 3 is 2.04 bits per heavy atom. The summed E-state index contributed by atoms with van der Waals surface area (Å²) in [5.41, 5.74) is -1.00. The van der Waals surface area contributed by atoms with E-state index >= 15 is 0 Å². The van der Waals surface area contributed by atoms with Crippen LogP contribution >= 0.6 is 0 Å². The highest BCUT2D eigenvalue weighted by atomic mass is 19.4. The fourth-order valence-corrected chi connectivity index (χ4v) is 1.67. The zero-order valence-corrected chi connectivity index (χ0v) is 14.8. The summed E-state index contributed by atoms with van der Waals surface area (Å²) >= 11 is 0. The summed E-state index contributed by atoms with van der Waals surface area (Å²) < 4.78 is 45.5. The van der Waals surface area contributed by atoms with Crippen molar-refractivity contribution in [2.45, 2.75) is 58.9 Å². The molecule has 0 unspecified atom stereocenters. The molecule has 0 spiro atoms. The quantitative estimate of drug-likeness (QED) is 0.722. The van der Waals surface area contributed by atoms with E-state index < -0.39 is 30.0 Å². The van der Waals surface area contributed by atoms with E-state index in [1.165, 1.54) is 0 Å². The van der Waals surface area contributed by atoms with Gasteiger partial charge in [-0.3, -0.25) is 0 Å². The van der Waals surface area contributed by atoms with Gasteiger partial charge in [0, 0.05) is 25.2 Å². The van der Waals surface area contributed by atoms with Gasteiger partial charge in [0.05, 0.1) is 6.61 Å². The molecule has 0 aromatic rings. The van der Waals surface area contributed by atoms with Crippen molar-refractivity contribution >= 4 is 6.09 Å². The van der Waals surface area contributed by atoms with Gasteiger partial charge in [0.15, 0.2) is 0 Å². The van der Waals surface area contributed by atoms with Crippen LogP contribution < -0.4 is 5.32 Å². The molecule has 8 heteroatoms. The molecule has 0 aromatic heterocycles. The van der Waals surface area contributed by atoms with E-state index in [9.17, 15) is 18.0 Å². The van der Waals surface area contributed by atoms with Crippen molar-refractivity contribution in [3.05, 3.63) is 0 Å². The molecule has 0 aliphatic heterocycles. The summed E-state index contributed by atoms with van der Waals surface area (Å²) in [6.07, 6.45) is -4.72. The smallest absolute Gasteiger partial charge is 0.411 e. The molecule has 0 aliphatic rings. The number of carbonyl (C=O) groups is 1. The van der Waals surface area contributed by atoms with Crippen molar-refractivity contribution in [3.8, 4) is 0 Å². The number of halogens is 3. The van der Waals surface area contributed by atoms with E-state index in [1.54, 1.807) is 25.7 Å². The van der Waals surface area contributed by atoms with Crippen molar-refractivity contribution < 1.29 is 27.4 Å². The number of amides is 1. The van der Waals surface area contributed by atoms with Crippen LogP contribution in [0.25, 0.3) is 0 Å². The van der Waals surface area contributed by atoms with Crippen molar-refractivity contribution in [1.82, 2.24) is 10.2 Å². The first kappa shape index (κ1) is 22.0. The zero-order valence-electron chi connectivity index (χ0n) is 14.8. The van der Waals surface area contributed by atoms with Gasteiger partial charge in [0.1, 0.15) is 12.2 Å². The van der Waals surface area contributed by atoms with Crippen LogP contribution in [0.15, 0.2) is 0 Å². The highest BCUT2D eigenvalue weighted by molar-refractivity contribution is 5.69. The van der Waals surface area contributed by atoms with Crippen LogP contribution in [0.3, 0.4) is 0 Å². The number of hydrogen-bond acceptors (Lipinski definition) is 4. The Labute approximate surface area is 136 Å². The Balaban J connectivity index is 4.16. The van der Waals surface area contributed by atoms with Gasteiger partial charge in [-0.05, 0) is 41.5 Å². The molecule has 0 radical (unpaired) electrons. The first-order valence-electron chi connectivity index (χ1n) is 7.58. The molecule has 0 saturated carbocycles. The van der Waals surface area contributed by atoms with Crippen molar-refractivity contribution in [3.63, 3.8) is 0 Å². The molecule has 138 valence electrons. The first-order valence-corrected chi connectivity index (χ1v) is 7.58. The molecule has 5 nitrogen and oxygen atoms in total. The molecule has 0 rings (SSSR count). The highest BCUT2D eigenvalue weighted by Gasteiger charge is 2.30. The molecule has 1 N–H and O–H groups in total. The lowest BCUT2D eigenvalue weighted by atomic mass is 10.1. The van der Waals surface area contributed by atoms with Crippen LogP contribution in [-0.2, 0) is 9.47 Å². The molecular formula is C15H29F3N2O3. The predicted octanol–water partition coefficient (Wildman–Crippen LogP) is 3.19. The van der Waals surface area contributed by atoms with E-state index in [0.717, 1.165) is 0 Å². The number of rotatable bonds is 7. The van der Waals surface area contributed by atoms with Gasteiger partial charge in [-0.15, -0.1) is 0 Å². The fourth-order valence-electron chi connectivity index (χ4n) is 1.67. The molecule has 0 bridgehead atoms. The van der Waals surface area contributed by atoms with Crippen molar-refractivity contribution in [2.75, 3.05) is 32.8 Å². The van der Waals surface area contributed by atoms with Gasteiger partial charge in [-0.25, -0.2) is 4.79 Å². The lowest BCUT2D eigenvalue weighted by molar-refractivity contribution is -0.173. The molecule has 0 fully saturated rings. The molecule has 23 heavy (non-hydrogen) atoms. The van der Waals surface area contributed by atoms with E-state index in [-0.39, 0.29) is 13.2 Å². The Morgan fingerprint density at radius 2 is 1.61 bits per heavy atom. The Morgan fingerprint density at radius 1 is 1.04 bits per heavy atom. The maximum atomic E-state index is 12.2. The minimum absolute atomic E-state index is 0.0402. The van der Waals surface area contributed by atoms with E-state index in [0.29, 0.717) is 13.1 Å². The average Bonchev–Trinajstić information content (AvgIpc) is 2.26. The number of hydrogen-bond donors (Lipinski definition) is 1. The summed E-state index contributed by atoms with van der Waals surface area (Å²) in [5, 5.41) is 2.95. The summed E-state index contributed by atoms with van der Waals surface area (Å²) in [6.45, 7) is 10.9. The molecular weight excluding hydrogens is 313 g/mol. The normalized spacial score (nSPS) is 13.1. The Kier molecular flexibility index (Phi) is 8.34. The Bertz CT molecular complexity index is 360. The summed E-state index contributed by atoms with van der Waals surface area (Å²) in [6, 6.07) is 0. The maximum Gasteiger partial charge on any atom is 0.411 e. The second-order valence-electron chi connectivity index (χ2n) is 7.22. The summed E-state index contributed by atoms with van der Waals surface area (Å²) in [7, 11) is 0. The largest absolute Gasteiger partial charge is 0.444 e. The summed E-state index contributed by atoms with van der Waals surface area (Å²) in [4.78, 5) is 13.8. The molecule has 0 atom stereocenters. The number of nitrogens with one attached hydrogen (secondary N) is 1. The van der Waals surface area contributed by atoms with Gasteiger partial charge in [-0.1, -0.05) is 0 Å². The van der Waals surface area contributed by atoms with Crippen LogP contribution in [0.1, 0.15) is 41.5 Å². The second-order valence-corrected chi connectivity index (χ2v) is 7.22. The minimum atomic E-state index is -4.31. The second kappa shape index (κ2) is 8.73. The van der Waals surface area contributed by atoms with Crippen LogP contribution in [0, 0.1) is 0 Å². The molecule has 0 aliphatic carbocycles. The Hall–Kier alpha value is -1.02. The number of nitrogens with zero attached hydrogens (tertiary/aromatic N) is 1. The van der Waals surface area contributed by atoms with Crippen LogP contribution in [0.5, 0.6) is 0 Å².